The van der Waals surface area contributed by atoms with Crippen LogP contribution in [-0.4, -0.2) is 33.4 Å². The molecule has 10 nitrogen and oxygen atoms in total. The summed E-state index contributed by atoms with van der Waals surface area (Å²) < 4.78 is 0. The summed E-state index contributed by atoms with van der Waals surface area (Å²) >= 11 is 0. The zero-order chi connectivity index (χ0) is 13.8. The summed E-state index contributed by atoms with van der Waals surface area (Å²) in [6.07, 6.45) is 2.51. The van der Waals surface area contributed by atoms with Gasteiger partial charge < -0.3 is 16.1 Å². The van der Waals surface area contributed by atoms with Crippen molar-refractivity contribution in [2.24, 2.45) is 5.84 Å². The summed E-state index contributed by atoms with van der Waals surface area (Å²) in [5.74, 6) is 4.81. The van der Waals surface area contributed by atoms with E-state index >= 15 is 0 Å². The number of hydrogen-bond donors (Lipinski definition) is 4. The smallest absolute Gasteiger partial charge is 0.354 e. The number of amides is 1. The first-order valence-corrected chi connectivity index (χ1v) is 5.63. The lowest BCUT2D eigenvalue weighted by Crippen LogP contribution is -2.44. The second-order valence-corrected chi connectivity index (χ2v) is 3.95. The van der Waals surface area contributed by atoms with E-state index in [2.05, 4.69) is 26.0 Å². The van der Waals surface area contributed by atoms with Crippen molar-refractivity contribution >= 4 is 23.2 Å². The zero-order valence-corrected chi connectivity index (χ0v) is 9.92. The van der Waals surface area contributed by atoms with Gasteiger partial charge in [0.05, 0.1) is 4.92 Å². The van der Waals surface area contributed by atoms with Gasteiger partial charge in [-0.3, -0.25) is 14.9 Å². The first-order chi connectivity index (χ1) is 9.13. The maximum atomic E-state index is 11.6. The fraction of sp³-hybridized carbons (Fsp3) is 0.444. The molecule has 19 heavy (non-hydrogen) atoms. The van der Waals surface area contributed by atoms with E-state index in [0.29, 0.717) is 13.0 Å². The van der Waals surface area contributed by atoms with E-state index in [1.165, 1.54) is 0 Å². The molecule has 0 aromatic carbocycles. The monoisotopic (exact) mass is 267 g/mol. The van der Waals surface area contributed by atoms with E-state index in [1.54, 1.807) is 0 Å². The number of hydrazine groups is 1. The molecule has 1 aliphatic heterocycles. The molecule has 102 valence electrons. The van der Waals surface area contributed by atoms with E-state index < -0.39 is 11.0 Å². The number of nitrogens with one attached hydrogen (secondary N) is 3. The zero-order valence-electron chi connectivity index (χ0n) is 9.92. The molecular formula is C9H13N7O3. The topological polar surface area (TPSA) is 148 Å². The fourth-order valence-corrected chi connectivity index (χ4v) is 1.84. The molecule has 2 heterocycles. The van der Waals surface area contributed by atoms with Crippen LogP contribution in [0.5, 0.6) is 0 Å². The van der Waals surface area contributed by atoms with Gasteiger partial charge in [0.15, 0.2) is 0 Å². The summed E-state index contributed by atoms with van der Waals surface area (Å²) in [5.41, 5.74) is 1.75. The summed E-state index contributed by atoms with van der Waals surface area (Å²) in [7, 11) is 0. The van der Waals surface area contributed by atoms with Gasteiger partial charge in [-0.1, -0.05) is 0 Å². The van der Waals surface area contributed by atoms with Crippen LogP contribution in [0.1, 0.15) is 12.8 Å². The summed E-state index contributed by atoms with van der Waals surface area (Å²) in [6.45, 7) is 0.610. The molecule has 1 unspecified atom stereocenters. The molecule has 1 atom stereocenters. The number of rotatable bonds is 4. The number of carbonyl (C=O) groups excluding carboxylic acids is 1. The Morgan fingerprint density at radius 1 is 1.47 bits per heavy atom. The number of anilines is 2. The minimum atomic E-state index is -0.655. The molecule has 1 amide bonds. The Kier molecular flexibility index (Phi) is 3.71. The number of hydrogen-bond acceptors (Lipinski definition) is 8. The maximum Gasteiger partial charge on any atom is 0.354 e. The van der Waals surface area contributed by atoms with Crippen molar-refractivity contribution in [2.75, 3.05) is 17.3 Å². The van der Waals surface area contributed by atoms with Crippen molar-refractivity contribution < 1.29 is 9.72 Å². The second-order valence-electron chi connectivity index (χ2n) is 3.95. The van der Waals surface area contributed by atoms with E-state index in [4.69, 9.17) is 5.84 Å². The average molecular weight is 267 g/mol. The number of nitrogens with two attached hydrogens (primary N) is 1. The lowest BCUT2D eigenvalue weighted by Gasteiger charge is -2.23. The molecule has 10 heteroatoms. The van der Waals surface area contributed by atoms with Gasteiger partial charge >= 0.3 is 5.69 Å². The van der Waals surface area contributed by atoms with Crippen LogP contribution in [-0.2, 0) is 4.79 Å². The maximum absolute atomic E-state index is 11.6. The van der Waals surface area contributed by atoms with E-state index in [0.717, 1.165) is 12.7 Å². The minimum absolute atomic E-state index is 0.0324. The lowest BCUT2D eigenvalue weighted by atomic mass is 10.1. The molecule has 5 N–H and O–H groups in total. The van der Waals surface area contributed by atoms with Crippen LogP contribution in [0.3, 0.4) is 0 Å². The second kappa shape index (κ2) is 5.44. The van der Waals surface area contributed by atoms with E-state index in [9.17, 15) is 14.9 Å². The van der Waals surface area contributed by atoms with Crippen LogP contribution < -0.4 is 21.9 Å². The molecule has 1 aromatic rings. The molecule has 0 spiro atoms. The standard InChI is InChI=1S/C9H13N7O3/c10-15-8-6(16(18)19)7(12-4-13-8)14-5-2-1-3-11-9(5)17/h4-5H,1-3,10H2,(H,11,17)(H2,12,13,14,15). The minimum Gasteiger partial charge on any atom is -0.354 e. The SMILES string of the molecule is NNc1ncnc(NC2CCCNC2=O)c1[N+](=O)[O-]. The lowest BCUT2D eigenvalue weighted by molar-refractivity contribution is -0.383. The highest BCUT2D eigenvalue weighted by atomic mass is 16.6. The highest BCUT2D eigenvalue weighted by Crippen LogP contribution is 2.29. The van der Waals surface area contributed by atoms with Gasteiger partial charge in [0.25, 0.3) is 0 Å². The molecule has 0 bridgehead atoms. The first-order valence-electron chi connectivity index (χ1n) is 5.63. The van der Waals surface area contributed by atoms with Gasteiger partial charge in [0, 0.05) is 6.54 Å². The molecule has 1 aliphatic rings. The van der Waals surface area contributed by atoms with Crippen LogP contribution in [0.2, 0.25) is 0 Å². The summed E-state index contributed by atoms with van der Waals surface area (Å²) in [6, 6.07) is -0.548. The van der Waals surface area contributed by atoms with Gasteiger partial charge in [-0.05, 0) is 12.8 Å². The predicted octanol–water partition coefficient (Wildman–Crippen LogP) is -0.639. The predicted molar refractivity (Wildman–Crippen MR) is 66.2 cm³/mol. The van der Waals surface area contributed by atoms with Crippen LogP contribution in [0.15, 0.2) is 6.33 Å². The number of nitrogen functional groups attached to an aromatic ring is 1. The van der Waals surface area contributed by atoms with Crippen molar-refractivity contribution in [3.05, 3.63) is 16.4 Å². The van der Waals surface area contributed by atoms with Crippen LogP contribution in [0, 0.1) is 10.1 Å². The number of piperidine rings is 1. The molecule has 2 rings (SSSR count). The first kappa shape index (κ1) is 13.0. The molecule has 0 aliphatic carbocycles. The number of nitro groups is 1. The van der Waals surface area contributed by atoms with Gasteiger partial charge in [-0.15, -0.1) is 0 Å². The Labute approximate surface area is 107 Å². The van der Waals surface area contributed by atoms with Crippen molar-refractivity contribution in [1.82, 2.24) is 15.3 Å². The number of nitrogens with zero attached hydrogens (tertiary/aromatic N) is 3. The average Bonchev–Trinajstić information content (AvgIpc) is 2.40. The molecule has 0 radical (unpaired) electrons. The van der Waals surface area contributed by atoms with Gasteiger partial charge in [-0.2, -0.15) is 0 Å². The van der Waals surface area contributed by atoms with Gasteiger partial charge in [0.2, 0.25) is 17.5 Å². The summed E-state index contributed by atoms with van der Waals surface area (Å²) in [4.78, 5) is 29.4. The fourth-order valence-electron chi connectivity index (χ4n) is 1.84. The number of carbonyl (C=O) groups is 1. The Morgan fingerprint density at radius 2 is 2.21 bits per heavy atom. The largest absolute Gasteiger partial charge is 0.354 e. The van der Waals surface area contributed by atoms with Crippen LogP contribution in [0.4, 0.5) is 17.3 Å². The highest BCUT2D eigenvalue weighted by Gasteiger charge is 2.28. The van der Waals surface area contributed by atoms with E-state index in [1.807, 2.05) is 0 Å². The van der Waals surface area contributed by atoms with Gasteiger partial charge in [-0.25, -0.2) is 15.8 Å². The third kappa shape index (κ3) is 2.68. The molecule has 1 fully saturated rings. The normalized spacial score (nSPS) is 18.6. The third-order valence-corrected chi connectivity index (χ3v) is 2.74. The Hall–Kier alpha value is -2.49. The van der Waals surface area contributed by atoms with Crippen molar-refractivity contribution in [3.63, 3.8) is 0 Å². The van der Waals surface area contributed by atoms with Crippen LogP contribution >= 0.6 is 0 Å². The van der Waals surface area contributed by atoms with Crippen molar-refractivity contribution in [2.45, 2.75) is 18.9 Å². The van der Waals surface area contributed by atoms with E-state index in [-0.39, 0.29) is 23.2 Å². The molecule has 0 saturated carbocycles. The Bertz CT molecular complexity index is 507. The van der Waals surface area contributed by atoms with Crippen molar-refractivity contribution in [1.29, 1.82) is 0 Å². The quantitative estimate of drug-likeness (QED) is 0.320. The number of aromatic nitrogens is 2. The summed E-state index contributed by atoms with van der Waals surface area (Å²) in [5, 5.41) is 16.4. The van der Waals surface area contributed by atoms with Crippen molar-refractivity contribution in [3.8, 4) is 0 Å². The third-order valence-electron chi connectivity index (χ3n) is 2.74. The van der Waals surface area contributed by atoms with Gasteiger partial charge in [0.1, 0.15) is 12.4 Å². The molecule has 1 aromatic heterocycles. The Balaban J connectivity index is 2.28. The Morgan fingerprint density at radius 3 is 2.84 bits per heavy atom. The molecular weight excluding hydrogens is 254 g/mol. The van der Waals surface area contributed by atoms with Crippen LogP contribution in [0.25, 0.3) is 0 Å². The highest BCUT2D eigenvalue weighted by molar-refractivity contribution is 5.86. The molecule has 1 saturated heterocycles.